The smallest absolute Gasteiger partial charge is 0.293 e. The molecule has 1 saturated heterocycles. The molecule has 186 valence electrons. The number of para-hydroxylation sites is 1. The summed E-state index contributed by atoms with van der Waals surface area (Å²) in [5.41, 5.74) is 1.62. The summed E-state index contributed by atoms with van der Waals surface area (Å²) >= 11 is 0.832. The minimum absolute atomic E-state index is 0.0501. The Morgan fingerprint density at radius 1 is 1.03 bits per heavy atom. The molecule has 0 atom stereocenters. The first-order valence-electron chi connectivity index (χ1n) is 10.9. The van der Waals surface area contributed by atoms with Gasteiger partial charge in [0.2, 0.25) is 5.75 Å². The minimum atomic E-state index is -0.434. The normalized spacial score (nSPS) is 14.3. The fourth-order valence-corrected chi connectivity index (χ4v) is 4.33. The van der Waals surface area contributed by atoms with Gasteiger partial charge in [-0.05, 0) is 53.6 Å². The van der Waals surface area contributed by atoms with Crippen molar-refractivity contribution in [3.05, 3.63) is 52.4 Å². The van der Waals surface area contributed by atoms with Crippen molar-refractivity contribution in [2.45, 2.75) is 13.3 Å². The summed E-state index contributed by atoms with van der Waals surface area (Å²) < 4.78 is 21.6. The first-order chi connectivity index (χ1) is 16.9. The topological polar surface area (TPSA) is 103 Å². The number of amides is 3. The molecule has 0 aliphatic carbocycles. The quantitative estimate of drug-likeness (QED) is 0.468. The number of carbonyl (C=O) groups excluding carboxylic acids is 3. The van der Waals surface area contributed by atoms with Gasteiger partial charge in [-0.2, -0.15) is 0 Å². The summed E-state index contributed by atoms with van der Waals surface area (Å²) in [5, 5.41) is 2.27. The van der Waals surface area contributed by atoms with Crippen molar-refractivity contribution < 1.29 is 33.3 Å². The molecule has 1 aliphatic heterocycles. The number of aryl methyl sites for hydroxylation is 1. The Bertz CT molecular complexity index is 1110. The first kappa shape index (κ1) is 26.0. The van der Waals surface area contributed by atoms with Crippen molar-refractivity contribution in [3.63, 3.8) is 0 Å². The van der Waals surface area contributed by atoms with Crippen LogP contribution < -0.4 is 24.3 Å². The van der Waals surface area contributed by atoms with Gasteiger partial charge in [0, 0.05) is 13.1 Å². The highest BCUT2D eigenvalue weighted by Gasteiger charge is 2.34. The zero-order valence-corrected chi connectivity index (χ0v) is 20.9. The summed E-state index contributed by atoms with van der Waals surface area (Å²) in [7, 11) is 4.49. The maximum Gasteiger partial charge on any atom is 0.293 e. The van der Waals surface area contributed by atoms with E-state index in [2.05, 4.69) is 5.32 Å². The highest BCUT2D eigenvalue weighted by Crippen LogP contribution is 2.40. The molecule has 0 unspecified atom stereocenters. The summed E-state index contributed by atoms with van der Waals surface area (Å²) in [6.45, 7) is 2.02. The zero-order chi connectivity index (χ0) is 25.4. The maximum absolute atomic E-state index is 12.8. The number of nitrogens with one attached hydrogen (secondary N) is 1. The van der Waals surface area contributed by atoms with Crippen LogP contribution in [0.5, 0.6) is 23.0 Å². The molecule has 0 spiro atoms. The molecule has 0 radical (unpaired) electrons. The van der Waals surface area contributed by atoms with Crippen LogP contribution in [0.4, 0.5) is 4.79 Å². The summed E-state index contributed by atoms with van der Waals surface area (Å²) in [4.78, 5) is 38.7. The SMILES string of the molecule is CCc1ccccc1OCC(=O)NCCN1C(=O)SC(=Cc2cc(OC)c(OC)c(OC)c2)C1=O. The molecule has 35 heavy (non-hydrogen) atoms. The van der Waals surface area contributed by atoms with Crippen molar-refractivity contribution in [2.24, 2.45) is 0 Å². The van der Waals surface area contributed by atoms with Gasteiger partial charge in [0.05, 0.1) is 26.2 Å². The maximum atomic E-state index is 12.8. The van der Waals surface area contributed by atoms with Gasteiger partial charge in [0.15, 0.2) is 18.1 Å². The van der Waals surface area contributed by atoms with E-state index in [1.54, 1.807) is 18.2 Å². The van der Waals surface area contributed by atoms with Crippen LogP contribution in [0.25, 0.3) is 6.08 Å². The Morgan fingerprint density at radius 3 is 2.34 bits per heavy atom. The lowest BCUT2D eigenvalue weighted by molar-refractivity contribution is -0.125. The second-order valence-electron chi connectivity index (χ2n) is 7.39. The van der Waals surface area contributed by atoms with Gasteiger partial charge in [-0.1, -0.05) is 25.1 Å². The number of benzene rings is 2. The standard InChI is InChI=1S/C25H28N2O7S/c1-5-17-8-6-7-9-18(17)34-15-22(28)26-10-11-27-24(29)21(35-25(27)30)14-16-12-19(31-2)23(33-4)20(13-16)32-3/h6-9,12-14H,5,10-11,15H2,1-4H3,(H,26,28). The van der Waals surface area contributed by atoms with Crippen LogP contribution in [0.1, 0.15) is 18.1 Å². The predicted octanol–water partition coefficient (Wildman–Crippen LogP) is 3.51. The summed E-state index contributed by atoms with van der Waals surface area (Å²) in [6, 6.07) is 10.9. The lowest BCUT2D eigenvalue weighted by Crippen LogP contribution is -2.38. The third kappa shape index (κ3) is 6.27. The van der Waals surface area contributed by atoms with E-state index in [0.717, 1.165) is 28.6 Å². The molecule has 9 nitrogen and oxygen atoms in total. The van der Waals surface area contributed by atoms with E-state index in [0.29, 0.717) is 28.6 Å². The van der Waals surface area contributed by atoms with Crippen LogP contribution in [0.2, 0.25) is 0 Å². The number of methoxy groups -OCH3 is 3. The molecular formula is C25H28N2O7S. The molecule has 1 fully saturated rings. The number of imide groups is 1. The largest absolute Gasteiger partial charge is 0.493 e. The lowest BCUT2D eigenvalue weighted by Gasteiger charge is -2.14. The predicted molar refractivity (Wildman–Crippen MR) is 133 cm³/mol. The molecule has 1 N–H and O–H groups in total. The van der Waals surface area contributed by atoms with Crippen molar-refractivity contribution in [1.29, 1.82) is 0 Å². The Balaban J connectivity index is 1.58. The van der Waals surface area contributed by atoms with E-state index in [1.165, 1.54) is 21.3 Å². The number of nitrogens with zero attached hydrogens (tertiary/aromatic N) is 1. The van der Waals surface area contributed by atoms with Crippen LogP contribution in [0, 0.1) is 0 Å². The number of rotatable bonds is 11. The van der Waals surface area contributed by atoms with Gasteiger partial charge < -0.3 is 24.3 Å². The van der Waals surface area contributed by atoms with Crippen LogP contribution in [0.15, 0.2) is 41.3 Å². The number of thioether (sulfide) groups is 1. The zero-order valence-electron chi connectivity index (χ0n) is 20.1. The molecular weight excluding hydrogens is 472 g/mol. The Morgan fingerprint density at radius 2 is 1.71 bits per heavy atom. The third-order valence-corrected chi connectivity index (χ3v) is 6.14. The number of ether oxygens (including phenoxy) is 4. The van der Waals surface area contributed by atoms with Gasteiger partial charge in [-0.25, -0.2) is 0 Å². The molecule has 3 amide bonds. The second-order valence-corrected chi connectivity index (χ2v) is 8.39. The minimum Gasteiger partial charge on any atom is -0.493 e. The van der Waals surface area contributed by atoms with Crippen molar-refractivity contribution >= 4 is 34.9 Å². The molecule has 1 aliphatic rings. The van der Waals surface area contributed by atoms with Crippen LogP contribution >= 0.6 is 11.8 Å². The summed E-state index contributed by atoms with van der Waals surface area (Å²) in [6.07, 6.45) is 2.38. The molecule has 3 rings (SSSR count). The molecule has 10 heteroatoms. The van der Waals surface area contributed by atoms with E-state index in [4.69, 9.17) is 18.9 Å². The van der Waals surface area contributed by atoms with Crippen LogP contribution in [0.3, 0.4) is 0 Å². The number of carbonyl (C=O) groups is 3. The average Bonchev–Trinajstić information content (AvgIpc) is 3.14. The van der Waals surface area contributed by atoms with Crippen molar-refractivity contribution in [2.75, 3.05) is 41.0 Å². The van der Waals surface area contributed by atoms with Crippen LogP contribution in [-0.2, 0) is 16.0 Å². The van der Waals surface area contributed by atoms with E-state index < -0.39 is 11.1 Å². The third-order valence-electron chi connectivity index (χ3n) is 5.23. The second kappa shape index (κ2) is 12.2. The van der Waals surface area contributed by atoms with E-state index in [-0.39, 0.29) is 30.5 Å². The van der Waals surface area contributed by atoms with E-state index in [9.17, 15) is 14.4 Å². The molecule has 1 heterocycles. The molecule has 0 saturated carbocycles. The molecule has 0 aromatic heterocycles. The fraction of sp³-hybridized carbons (Fsp3) is 0.320. The highest BCUT2D eigenvalue weighted by atomic mass is 32.2. The molecule has 2 aromatic rings. The average molecular weight is 501 g/mol. The van der Waals surface area contributed by atoms with Gasteiger partial charge in [-0.15, -0.1) is 0 Å². The lowest BCUT2D eigenvalue weighted by atomic mass is 10.1. The van der Waals surface area contributed by atoms with E-state index >= 15 is 0 Å². The first-order valence-corrected chi connectivity index (χ1v) is 11.8. The summed E-state index contributed by atoms with van der Waals surface area (Å²) in [5.74, 6) is 1.19. The van der Waals surface area contributed by atoms with Crippen molar-refractivity contribution in [1.82, 2.24) is 10.2 Å². The van der Waals surface area contributed by atoms with E-state index in [1.807, 2.05) is 31.2 Å². The van der Waals surface area contributed by atoms with Gasteiger partial charge in [0.1, 0.15) is 5.75 Å². The Hall–Kier alpha value is -3.66. The van der Waals surface area contributed by atoms with Crippen LogP contribution in [-0.4, -0.2) is 63.0 Å². The van der Waals surface area contributed by atoms with Gasteiger partial charge in [-0.3, -0.25) is 19.3 Å². The number of hydrogen-bond donors (Lipinski definition) is 1. The number of hydrogen-bond acceptors (Lipinski definition) is 8. The van der Waals surface area contributed by atoms with Gasteiger partial charge >= 0.3 is 0 Å². The molecule has 0 bridgehead atoms. The Labute approximate surface area is 208 Å². The fourth-order valence-electron chi connectivity index (χ4n) is 3.47. The van der Waals surface area contributed by atoms with Gasteiger partial charge in [0.25, 0.3) is 17.1 Å². The Kier molecular flexibility index (Phi) is 9.02. The highest BCUT2D eigenvalue weighted by molar-refractivity contribution is 8.18. The van der Waals surface area contributed by atoms with Crippen molar-refractivity contribution in [3.8, 4) is 23.0 Å². The monoisotopic (exact) mass is 500 g/mol. The molecule has 2 aromatic carbocycles.